The molecule has 1 amide bonds. The second-order valence-corrected chi connectivity index (χ2v) is 7.69. The van der Waals surface area contributed by atoms with Crippen LogP contribution in [0.4, 0.5) is 0 Å². The van der Waals surface area contributed by atoms with Crippen molar-refractivity contribution in [3.05, 3.63) is 46.8 Å². The van der Waals surface area contributed by atoms with Gasteiger partial charge in [0.2, 0.25) is 5.91 Å². The van der Waals surface area contributed by atoms with Crippen LogP contribution < -0.4 is 5.56 Å². The van der Waals surface area contributed by atoms with Crippen LogP contribution in [-0.2, 0) is 4.79 Å². The number of carbonyl (C=O) groups excluding carboxylic acids is 1. The maximum Gasteiger partial charge on any atom is 0.251 e. The van der Waals surface area contributed by atoms with Crippen molar-refractivity contribution in [1.82, 2.24) is 19.9 Å². The zero-order valence-electron chi connectivity index (χ0n) is 15.6. The van der Waals surface area contributed by atoms with E-state index < -0.39 is 0 Å². The van der Waals surface area contributed by atoms with Gasteiger partial charge in [-0.25, -0.2) is 4.98 Å². The normalized spacial score (nSPS) is 19.2. The van der Waals surface area contributed by atoms with Crippen LogP contribution in [0.3, 0.4) is 0 Å². The van der Waals surface area contributed by atoms with E-state index in [9.17, 15) is 9.59 Å². The van der Waals surface area contributed by atoms with Gasteiger partial charge in [0.05, 0.1) is 5.69 Å². The first-order valence-electron chi connectivity index (χ1n) is 10.0. The molecule has 6 nitrogen and oxygen atoms in total. The molecule has 0 spiro atoms. The summed E-state index contributed by atoms with van der Waals surface area (Å²) in [5, 5.41) is 0. The fourth-order valence-corrected chi connectivity index (χ4v) is 4.32. The molecule has 0 radical (unpaired) electrons. The van der Waals surface area contributed by atoms with Crippen molar-refractivity contribution >= 4 is 5.91 Å². The molecule has 0 bridgehead atoms. The number of rotatable bonds is 3. The van der Waals surface area contributed by atoms with Crippen LogP contribution in [0.2, 0.25) is 0 Å². The Balaban J connectivity index is 1.44. The van der Waals surface area contributed by atoms with E-state index in [1.54, 1.807) is 12.4 Å². The highest BCUT2D eigenvalue weighted by Gasteiger charge is 2.30. The molecule has 1 saturated heterocycles. The van der Waals surface area contributed by atoms with Gasteiger partial charge in [-0.05, 0) is 37.8 Å². The van der Waals surface area contributed by atoms with Gasteiger partial charge in [0.25, 0.3) is 5.56 Å². The third-order valence-electron chi connectivity index (χ3n) is 5.88. The number of pyridine rings is 1. The van der Waals surface area contributed by atoms with Gasteiger partial charge in [0.15, 0.2) is 0 Å². The summed E-state index contributed by atoms with van der Waals surface area (Å²) in [5.41, 5.74) is 1.44. The molecule has 2 aromatic rings. The van der Waals surface area contributed by atoms with Crippen molar-refractivity contribution in [3.8, 4) is 11.3 Å². The molecule has 1 N–H and O–H groups in total. The number of aromatic nitrogens is 3. The Labute approximate surface area is 159 Å². The number of piperidine rings is 1. The third kappa shape index (κ3) is 4.10. The van der Waals surface area contributed by atoms with Crippen LogP contribution in [0.1, 0.15) is 56.7 Å². The number of carbonyl (C=O) groups is 1. The van der Waals surface area contributed by atoms with Crippen LogP contribution in [-0.4, -0.2) is 38.8 Å². The molecule has 1 aliphatic heterocycles. The fraction of sp³-hybridized carbons (Fsp3) is 0.524. The summed E-state index contributed by atoms with van der Waals surface area (Å²) in [6, 6.07) is 5.24. The Hall–Kier alpha value is -2.50. The highest BCUT2D eigenvalue weighted by Crippen LogP contribution is 2.30. The maximum absolute atomic E-state index is 12.7. The van der Waals surface area contributed by atoms with Crippen molar-refractivity contribution in [2.24, 2.45) is 5.92 Å². The van der Waals surface area contributed by atoms with Crippen molar-refractivity contribution in [3.63, 3.8) is 0 Å². The number of nitrogens with zero attached hydrogens (tertiary/aromatic N) is 3. The lowest BCUT2D eigenvalue weighted by Gasteiger charge is -2.35. The summed E-state index contributed by atoms with van der Waals surface area (Å²) < 4.78 is 0. The minimum absolute atomic E-state index is 0.132. The van der Waals surface area contributed by atoms with E-state index in [0.717, 1.165) is 50.2 Å². The topological polar surface area (TPSA) is 79.0 Å². The van der Waals surface area contributed by atoms with Gasteiger partial charge in [0.1, 0.15) is 5.82 Å². The van der Waals surface area contributed by atoms with E-state index in [1.807, 2.05) is 17.0 Å². The van der Waals surface area contributed by atoms with Crippen LogP contribution in [0.5, 0.6) is 0 Å². The molecule has 6 heteroatoms. The molecular formula is C21H26N4O2. The SMILES string of the molecule is O=C(C1CCCCC1)N1CCC(c2nc(-c3ccncc3)cc(=O)[nH]2)CC1. The zero-order valence-corrected chi connectivity index (χ0v) is 15.6. The van der Waals surface area contributed by atoms with Gasteiger partial charge in [-0.1, -0.05) is 19.3 Å². The van der Waals surface area contributed by atoms with Gasteiger partial charge >= 0.3 is 0 Å². The number of likely N-dealkylation sites (tertiary alicyclic amines) is 1. The Morgan fingerprint density at radius 1 is 1.04 bits per heavy atom. The standard InChI is InChI=1S/C21H26N4O2/c26-19-14-18(15-6-10-22-11-7-15)23-20(24-19)16-8-12-25(13-9-16)21(27)17-4-2-1-3-5-17/h6-7,10-11,14,16-17H,1-5,8-9,12-13H2,(H,23,24,26). The quantitative estimate of drug-likeness (QED) is 0.905. The minimum atomic E-state index is -0.132. The van der Waals surface area contributed by atoms with E-state index >= 15 is 0 Å². The fourth-order valence-electron chi connectivity index (χ4n) is 4.32. The van der Waals surface area contributed by atoms with Crippen LogP contribution in [0.25, 0.3) is 11.3 Å². The van der Waals surface area contributed by atoms with E-state index in [-0.39, 0.29) is 17.4 Å². The largest absolute Gasteiger partial charge is 0.342 e. The maximum atomic E-state index is 12.7. The average Bonchev–Trinajstić information content (AvgIpc) is 2.74. The van der Waals surface area contributed by atoms with Gasteiger partial charge in [-0.2, -0.15) is 0 Å². The first kappa shape index (κ1) is 17.9. The average molecular weight is 366 g/mol. The summed E-state index contributed by atoms with van der Waals surface area (Å²) in [4.78, 5) is 38.5. The van der Waals surface area contributed by atoms with Gasteiger partial charge < -0.3 is 9.88 Å². The molecule has 2 aliphatic rings. The van der Waals surface area contributed by atoms with E-state index in [2.05, 4.69) is 9.97 Å². The predicted molar refractivity (Wildman–Crippen MR) is 103 cm³/mol. The lowest BCUT2D eigenvalue weighted by atomic mass is 9.87. The summed E-state index contributed by atoms with van der Waals surface area (Å²) in [5.74, 6) is 1.48. The Morgan fingerprint density at radius 2 is 1.74 bits per heavy atom. The number of hydrogen-bond donors (Lipinski definition) is 1. The van der Waals surface area contributed by atoms with Gasteiger partial charge in [-0.15, -0.1) is 0 Å². The lowest BCUT2D eigenvalue weighted by Crippen LogP contribution is -2.42. The summed E-state index contributed by atoms with van der Waals surface area (Å²) in [6.07, 6.45) is 10.8. The molecule has 1 aliphatic carbocycles. The summed E-state index contributed by atoms with van der Waals surface area (Å²) in [6.45, 7) is 1.51. The number of nitrogens with one attached hydrogen (secondary N) is 1. The molecule has 3 heterocycles. The van der Waals surface area contributed by atoms with Crippen molar-refractivity contribution in [2.45, 2.75) is 50.9 Å². The number of aromatic amines is 1. The third-order valence-corrected chi connectivity index (χ3v) is 5.88. The molecule has 0 aromatic carbocycles. The highest BCUT2D eigenvalue weighted by molar-refractivity contribution is 5.79. The van der Waals surface area contributed by atoms with Crippen molar-refractivity contribution in [1.29, 1.82) is 0 Å². The molecule has 0 atom stereocenters. The molecule has 4 rings (SSSR count). The Bertz CT molecular complexity index is 835. The van der Waals surface area contributed by atoms with E-state index in [0.29, 0.717) is 11.6 Å². The van der Waals surface area contributed by atoms with E-state index in [4.69, 9.17) is 4.98 Å². The number of amides is 1. The first-order valence-corrected chi connectivity index (χ1v) is 10.0. The van der Waals surface area contributed by atoms with Crippen LogP contribution in [0.15, 0.2) is 35.4 Å². The zero-order chi connectivity index (χ0) is 18.6. The Kier molecular flexibility index (Phi) is 5.32. The van der Waals surface area contributed by atoms with Crippen molar-refractivity contribution in [2.75, 3.05) is 13.1 Å². The van der Waals surface area contributed by atoms with Crippen molar-refractivity contribution < 1.29 is 4.79 Å². The molecule has 27 heavy (non-hydrogen) atoms. The lowest BCUT2D eigenvalue weighted by molar-refractivity contribution is -0.137. The van der Waals surface area contributed by atoms with Gasteiger partial charge in [0, 0.05) is 48.9 Å². The highest BCUT2D eigenvalue weighted by atomic mass is 16.2. The van der Waals surface area contributed by atoms with Gasteiger partial charge in [-0.3, -0.25) is 14.6 Å². The first-order chi connectivity index (χ1) is 13.2. The smallest absolute Gasteiger partial charge is 0.251 e. The second kappa shape index (κ2) is 8.03. The van der Waals surface area contributed by atoms with Crippen LogP contribution in [0, 0.1) is 5.92 Å². The number of hydrogen-bond acceptors (Lipinski definition) is 4. The molecule has 0 unspecified atom stereocenters. The summed E-state index contributed by atoms with van der Waals surface area (Å²) in [7, 11) is 0. The molecule has 2 aromatic heterocycles. The molecule has 2 fully saturated rings. The Morgan fingerprint density at radius 3 is 2.44 bits per heavy atom. The monoisotopic (exact) mass is 366 g/mol. The molecule has 142 valence electrons. The second-order valence-electron chi connectivity index (χ2n) is 7.69. The summed E-state index contributed by atoms with van der Waals surface area (Å²) >= 11 is 0. The molecule has 1 saturated carbocycles. The predicted octanol–water partition coefficient (Wildman–Crippen LogP) is 3.12. The minimum Gasteiger partial charge on any atom is -0.342 e. The van der Waals surface area contributed by atoms with E-state index in [1.165, 1.54) is 25.3 Å². The molecular weight excluding hydrogens is 340 g/mol. The van der Waals surface area contributed by atoms with Crippen LogP contribution >= 0.6 is 0 Å². The number of H-pyrrole nitrogens is 1.